The first-order chi connectivity index (χ1) is 15.8. The molecule has 2 amide bonds. The molecule has 8 heteroatoms. The Kier molecular flexibility index (Phi) is 6.83. The van der Waals surface area contributed by atoms with E-state index in [1.54, 1.807) is 17.9 Å². The first kappa shape index (κ1) is 23.0. The summed E-state index contributed by atoms with van der Waals surface area (Å²) in [6.45, 7) is 6.40. The molecule has 3 N–H and O–H groups in total. The Morgan fingerprint density at radius 1 is 1.18 bits per heavy atom. The first-order valence-corrected chi connectivity index (χ1v) is 11.6. The van der Waals surface area contributed by atoms with Gasteiger partial charge in [-0.3, -0.25) is 9.59 Å². The Balaban J connectivity index is 1.50. The van der Waals surface area contributed by atoms with Crippen LogP contribution in [-0.2, 0) is 9.59 Å². The van der Waals surface area contributed by atoms with Gasteiger partial charge in [-0.15, -0.1) is 0 Å². The normalized spacial score (nSPS) is 23.4. The molecule has 0 saturated carbocycles. The molecule has 0 spiro atoms. The largest absolute Gasteiger partial charge is 0.489 e. The molecule has 0 radical (unpaired) electrons. The predicted octanol–water partition coefficient (Wildman–Crippen LogP) is 2.99. The highest BCUT2D eigenvalue weighted by atomic mass is 16.5. The average Bonchev–Trinajstić information content (AvgIpc) is 3.20. The zero-order chi connectivity index (χ0) is 23.5. The predicted molar refractivity (Wildman–Crippen MR) is 128 cm³/mol. The number of pyridine rings is 1. The zero-order valence-electron chi connectivity index (χ0n) is 19.6. The van der Waals surface area contributed by atoms with Crippen molar-refractivity contribution in [1.82, 2.24) is 14.8 Å². The van der Waals surface area contributed by atoms with E-state index < -0.39 is 11.8 Å². The van der Waals surface area contributed by atoms with E-state index >= 15 is 0 Å². The van der Waals surface area contributed by atoms with Crippen molar-refractivity contribution in [1.29, 1.82) is 0 Å². The van der Waals surface area contributed by atoms with Crippen LogP contribution >= 0.6 is 0 Å². The van der Waals surface area contributed by atoms with Gasteiger partial charge in [0.15, 0.2) is 0 Å². The van der Waals surface area contributed by atoms with Crippen LogP contribution in [0.25, 0.3) is 0 Å². The number of nitrogen functional groups attached to an aromatic ring is 1. The first-order valence-electron chi connectivity index (χ1n) is 11.6. The van der Waals surface area contributed by atoms with Crippen LogP contribution < -0.4 is 15.8 Å². The molecular formula is C25H33N5O3. The van der Waals surface area contributed by atoms with Gasteiger partial charge in [0.2, 0.25) is 0 Å². The number of benzene rings is 1. The van der Waals surface area contributed by atoms with Gasteiger partial charge in [-0.25, -0.2) is 4.98 Å². The van der Waals surface area contributed by atoms with E-state index in [0.29, 0.717) is 24.0 Å². The molecule has 1 aromatic heterocycles. The maximum absolute atomic E-state index is 13.2. The van der Waals surface area contributed by atoms with Gasteiger partial charge in [-0.1, -0.05) is 19.1 Å². The lowest BCUT2D eigenvalue weighted by molar-refractivity contribution is -0.146. The quantitative estimate of drug-likeness (QED) is 0.693. The molecule has 4 rings (SSSR count). The molecule has 33 heavy (non-hydrogen) atoms. The number of aryl methyl sites for hydroxylation is 1. The van der Waals surface area contributed by atoms with Crippen LogP contribution in [-0.4, -0.2) is 59.4 Å². The fourth-order valence-electron chi connectivity index (χ4n) is 4.67. The lowest BCUT2D eigenvalue weighted by Gasteiger charge is -2.38. The molecule has 2 aliphatic heterocycles. The number of carbonyl (C=O) groups is 2. The number of likely N-dealkylation sites (N-methyl/N-ethyl adjacent to an activating group) is 1. The average molecular weight is 452 g/mol. The Bertz CT molecular complexity index is 1030. The van der Waals surface area contributed by atoms with Crippen molar-refractivity contribution in [2.75, 3.05) is 37.7 Å². The topological polar surface area (TPSA) is 101 Å². The molecule has 0 bridgehead atoms. The van der Waals surface area contributed by atoms with Gasteiger partial charge < -0.3 is 25.6 Å². The Morgan fingerprint density at radius 2 is 2.00 bits per heavy atom. The Labute approximate surface area is 195 Å². The fraction of sp³-hybridized carbons (Fsp3) is 0.480. The lowest BCUT2D eigenvalue weighted by atomic mass is 9.89. The number of rotatable bonds is 4. The molecule has 176 valence electrons. The van der Waals surface area contributed by atoms with E-state index in [1.165, 1.54) is 6.20 Å². The van der Waals surface area contributed by atoms with Crippen LogP contribution in [0.1, 0.15) is 43.4 Å². The van der Waals surface area contributed by atoms with Crippen LogP contribution in [0, 0.1) is 12.8 Å². The van der Waals surface area contributed by atoms with Gasteiger partial charge >= 0.3 is 11.8 Å². The van der Waals surface area contributed by atoms with Crippen LogP contribution in [0.15, 0.2) is 36.5 Å². The minimum absolute atomic E-state index is 0.166. The lowest BCUT2D eigenvalue weighted by Crippen LogP contribution is -2.46. The number of ether oxygens (including phenoxy) is 1. The highest BCUT2D eigenvalue weighted by molar-refractivity contribution is 6.39. The number of amides is 2. The summed E-state index contributed by atoms with van der Waals surface area (Å²) in [4.78, 5) is 34.1. The van der Waals surface area contributed by atoms with Crippen molar-refractivity contribution in [3.63, 3.8) is 0 Å². The molecule has 2 saturated heterocycles. The van der Waals surface area contributed by atoms with Gasteiger partial charge in [-0.05, 0) is 68.5 Å². The number of hydrogen-bond donors (Lipinski definition) is 2. The van der Waals surface area contributed by atoms with Gasteiger partial charge in [0, 0.05) is 19.6 Å². The standard InChI is InChI=1S/C25H33N5O3/c1-16-7-8-22(18-5-4-6-20(12-18)33-21-9-10-29(3)15-21)30(14-16)25(32)24(31)28-19-11-17(2)23(26)27-13-19/h4-6,11-13,16,21-22H,7-10,14-15H2,1-3H3,(H2,26,27)(H,28,31)/t16?,21?,22-/m1/s1. The number of likely N-dealkylation sites (tertiary alicyclic amines) is 2. The van der Waals surface area contributed by atoms with Crippen molar-refractivity contribution in [2.24, 2.45) is 5.92 Å². The minimum atomic E-state index is -0.665. The molecule has 0 aliphatic carbocycles. The third kappa shape index (κ3) is 5.45. The molecule has 2 unspecified atom stereocenters. The number of carbonyl (C=O) groups excluding carboxylic acids is 2. The number of piperidine rings is 1. The molecular weight excluding hydrogens is 418 g/mol. The summed E-state index contributed by atoms with van der Waals surface area (Å²) in [6.07, 6.45) is 4.45. The molecule has 8 nitrogen and oxygen atoms in total. The maximum Gasteiger partial charge on any atom is 0.313 e. The number of aromatic nitrogens is 1. The third-order valence-corrected chi connectivity index (χ3v) is 6.54. The van der Waals surface area contributed by atoms with Crippen molar-refractivity contribution in [3.05, 3.63) is 47.7 Å². The van der Waals surface area contributed by atoms with E-state index in [1.807, 2.05) is 24.3 Å². The van der Waals surface area contributed by atoms with Crippen molar-refractivity contribution >= 4 is 23.3 Å². The molecule has 1 aromatic carbocycles. The Hall–Kier alpha value is -3.13. The molecule has 2 fully saturated rings. The van der Waals surface area contributed by atoms with Crippen molar-refractivity contribution < 1.29 is 14.3 Å². The van der Waals surface area contributed by atoms with E-state index in [2.05, 4.69) is 29.2 Å². The molecule has 2 aliphatic rings. The highest BCUT2D eigenvalue weighted by Gasteiger charge is 2.34. The monoisotopic (exact) mass is 451 g/mol. The molecule has 3 heterocycles. The van der Waals surface area contributed by atoms with Crippen LogP contribution in [0.2, 0.25) is 0 Å². The summed E-state index contributed by atoms with van der Waals surface area (Å²) < 4.78 is 6.20. The highest BCUT2D eigenvalue weighted by Crippen LogP contribution is 2.35. The summed E-state index contributed by atoms with van der Waals surface area (Å²) in [5, 5.41) is 2.68. The van der Waals surface area contributed by atoms with Gasteiger partial charge in [0.25, 0.3) is 0 Å². The summed E-state index contributed by atoms with van der Waals surface area (Å²) in [6, 6.07) is 9.51. The van der Waals surface area contributed by atoms with Crippen LogP contribution in [0.4, 0.5) is 11.5 Å². The summed E-state index contributed by atoms with van der Waals surface area (Å²) in [5.74, 6) is 0.334. The maximum atomic E-state index is 13.2. The number of nitrogens with zero attached hydrogens (tertiary/aromatic N) is 3. The smallest absolute Gasteiger partial charge is 0.313 e. The molecule has 3 atom stereocenters. The van der Waals surface area contributed by atoms with Crippen LogP contribution in [0.3, 0.4) is 0 Å². The van der Waals surface area contributed by atoms with Gasteiger partial charge in [0.1, 0.15) is 17.7 Å². The van der Waals surface area contributed by atoms with Crippen molar-refractivity contribution in [3.8, 4) is 5.75 Å². The van der Waals surface area contributed by atoms with Crippen molar-refractivity contribution in [2.45, 2.75) is 45.3 Å². The van der Waals surface area contributed by atoms with Crippen LogP contribution in [0.5, 0.6) is 5.75 Å². The third-order valence-electron chi connectivity index (χ3n) is 6.54. The second-order valence-electron chi connectivity index (χ2n) is 9.40. The Morgan fingerprint density at radius 3 is 2.73 bits per heavy atom. The van der Waals surface area contributed by atoms with E-state index in [9.17, 15) is 9.59 Å². The van der Waals surface area contributed by atoms with Gasteiger partial charge in [0.05, 0.1) is 17.9 Å². The van der Waals surface area contributed by atoms with E-state index in [4.69, 9.17) is 10.5 Å². The van der Waals surface area contributed by atoms with Gasteiger partial charge in [-0.2, -0.15) is 0 Å². The van der Waals surface area contributed by atoms with E-state index in [-0.39, 0.29) is 12.1 Å². The molecule has 2 aromatic rings. The second kappa shape index (κ2) is 9.79. The zero-order valence-corrected chi connectivity index (χ0v) is 19.6. The summed E-state index contributed by atoms with van der Waals surface area (Å²) in [7, 11) is 2.10. The second-order valence-corrected chi connectivity index (χ2v) is 9.40. The fourth-order valence-corrected chi connectivity index (χ4v) is 4.67. The number of anilines is 2. The minimum Gasteiger partial charge on any atom is -0.489 e. The number of nitrogens with one attached hydrogen (secondary N) is 1. The number of hydrogen-bond acceptors (Lipinski definition) is 6. The SMILES string of the molecule is Cc1cc(NC(=O)C(=O)N2CC(C)CC[C@@H]2c2cccc(OC3CCN(C)C3)c2)cnc1N. The summed E-state index contributed by atoms with van der Waals surface area (Å²) >= 11 is 0. The number of nitrogens with two attached hydrogens (primary N) is 1. The van der Waals surface area contributed by atoms with E-state index in [0.717, 1.165) is 49.2 Å². The summed E-state index contributed by atoms with van der Waals surface area (Å²) in [5.41, 5.74) is 7.95.